The molecule has 0 aliphatic heterocycles. The second-order valence-corrected chi connectivity index (χ2v) is 5.19. The lowest BCUT2D eigenvalue weighted by Crippen LogP contribution is -2.11. The van der Waals surface area contributed by atoms with Crippen LogP contribution in [0.25, 0.3) is 0 Å². The molecule has 2 unspecified atom stereocenters. The number of hydrogen-bond donors (Lipinski definition) is 0. The zero-order valence-electron chi connectivity index (χ0n) is 7.46. The Balaban J connectivity index is 3.39. The van der Waals surface area contributed by atoms with Gasteiger partial charge >= 0.3 is 0 Å². The van der Waals surface area contributed by atoms with Crippen LogP contribution in [-0.2, 0) is 4.74 Å². The third-order valence-corrected chi connectivity index (χ3v) is 3.22. The number of alkyl halides is 1. The Hall–Kier alpha value is 0.690. The second-order valence-electron chi connectivity index (χ2n) is 2.13. The SMILES string of the molecule is C=CSC(C)OC(C)SCCCl. The lowest BCUT2D eigenvalue weighted by Gasteiger charge is -2.16. The van der Waals surface area contributed by atoms with Crippen molar-refractivity contribution in [2.24, 2.45) is 0 Å². The highest BCUT2D eigenvalue weighted by Crippen LogP contribution is 2.19. The number of halogens is 1. The van der Waals surface area contributed by atoms with Crippen molar-refractivity contribution < 1.29 is 4.74 Å². The molecule has 2 atom stereocenters. The largest absolute Gasteiger partial charge is 0.354 e. The summed E-state index contributed by atoms with van der Waals surface area (Å²) in [5, 5.41) is 1.80. The van der Waals surface area contributed by atoms with E-state index in [1.807, 2.05) is 13.8 Å². The van der Waals surface area contributed by atoms with Crippen molar-refractivity contribution in [3.8, 4) is 0 Å². The zero-order chi connectivity index (χ0) is 9.40. The van der Waals surface area contributed by atoms with Gasteiger partial charge in [-0.05, 0) is 19.3 Å². The van der Waals surface area contributed by atoms with Gasteiger partial charge in [-0.25, -0.2) is 0 Å². The molecule has 1 nitrogen and oxygen atoms in total. The van der Waals surface area contributed by atoms with Crippen LogP contribution in [0.5, 0.6) is 0 Å². The van der Waals surface area contributed by atoms with E-state index in [2.05, 4.69) is 6.58 Å². The summed E-state index contributed by atoms with van der Waals surface area (Å²) in [4.78, 5) is 0. The molecule has 72 valence electrons. The molecule has 0 aromatic rings. The maximum Gasteiger partial charge on any atom is 0.105 e. The molecule has 0 aliphatic carbocycles. The maximum atomic E-state index is 5.59. The molecule has 12 heavy (non-hydrogen) atoms. The van der Waals surface area contributed by atoms with E-state index in [0.717, 1.165) is 5.75 Å². The number of thioether (sulfide) groups is 2. The molecule has 0 spiro atoms. The lowest BCUT2D eigenvalue weighted by molar-refractivity contribution is 0.114. The van der Waals surface area contributed by atoms with Crippen LogP contribution < -0.4 is 0 Å². The van der Waals surface area contributed by atoms with E-state index in [0.29, 0.717) is 5.88 Å². The van der Waals surface area contributed by atoms with Crippen molar-refractivity contribution >= 4 is 35.1 Å². The smallest absolute Gasteiger partial charge is 0.105 e. The van der Waals surface area contributed by atoms with Gasteiger partial charge in [0, 0.05) is 11.6 Å². The summed E-state index contributed by atoms with van der Waals surface area (Å²) in [5.74, 6) is 1.62. The van der Waals surface area contributed by atoms with E-state index in [4.69, 9.17) is 16.3 Å². The lowest BCUT2D eigenvalue weighted by atomic mass is 10.8. The van der Waals surface area contributed by atoms with Gasteiger partial charge in [-0.1, -0.05) is 6.58 Å². The van der Waals surface area contributed by atoms with E-state index in [9.17, 15) is 0 Å². The van der Waals surface area contributed by atoms with Gasteiger partial charge in [-0.15, -0.1) is 35.1 Å². The van der Waals surface area contributed by atoms with Crippen molar-refractivity contribution in [2.45, 2.75) is 24.7 Å². The standard InChI is InChI=1S/C8H15ClOS2/c1-4-11-7(2)10-8(3)12-6-5-9/h4,7-8H,1,5-6H2,2-3H3. The summed E-state index contributed by atoms with van der Waals surface area (Å²) in [6.45, 7) is 7.68. The summed E-state index contributed by atoms with van der Waals surface area (Å²) >= 11 is 8.86. The van der Waals surface area contributed by atoms with E-state index in [1.54, 1.807) is 28.9 Å². The van der Waals surface area contributed by atoms with Crippen LogP contribution in [0, 0.1) is 0 Å². The van der Waals surface area contributed by atoms with Crippen molar-refractivity contribution in [1.82, 2.24) is 0 Å². The normalized spacial score (nSPS) is 15.6. The van der Waals surface area contributed by atoms with Crippen molar-refractivity contribution in [3.63, 3.8) is 0 Å². The fraction of sp³-hybridized carbons (Fsp3) is 0.750. The van der Waals surface area contributed by atoms with Gasteiger partial charge < -0.3 is 4.74 Å². The van der Waals surface area contributed by atoms with E-state index in [-0.39, 0.29) is 10.9 Å². The molecule has 4 heteroatoms. The topological polar surface area (TPSA) is 9.23 Å². The molecule has 0 N–H and O–H groups in total. The molecule has 0 saturated carbocycles. The maximum absolute atomic E-state index is 5.59. The molecule has 0 aromatic carbocycles. The fourth-order valence-corrected chi connectivity index (χ4v) is 2.19. The minimum atomic E-state index is 0.181. The first-order chi connectivity index (χ1) is 5.70. The molecule has 0 amide bonds. The Morgan fingerprint density at radius 3 is 2.67 bits per heavy atom. The van der Waals surface area contributed by atoms with Gasteiger partial charge in [-0.2, -0.15) is 0 Å². The first-order valence-corrected chi connectivity index (χ1v) is 6.32. The van der Waals surface area contributed by atoms with Gasteiger partial charge in [0.2, 0.25) is 0 Å². The molecule has 0 aliphatic rings. The summed E-state index contributed by atoms with van der Waals surface area (Å²) in [5.41, 5.74) is 0.395. The highest BCUT2D eigenvalue weighted by Gasteiger charge is 2.06. The van der Waals surface area contributed by atoms with Gasteiger partial charge in [0.15, 0.2) is 0 Å². The number of hydrogen-bond acceptors (Lipinski definition) is 3. The van der Waals surface area contributed by atoms with Gasteiger partial charge in [0.05, 0.1) is 0 Å². The predicted octanol–water partition coefficient (Wildman–Crippen LogP) is 3.54. The van der Waals surface area contributed by atoms with E-state index < -0.39 is 0 Å². The fourth-order valence-electron chi connectivity index (χ4n) is 0.687. The molecule has 0 fully saturated rings. The molecular formula is C8H15ClOS2. The van der Waals surface area contributed by atoms with E-state index >= 15 is 0 Å². The minimum Gasteiger partial charge on any atom is -0.354 e. The molecular weight excluding hydrogens is 212 g/mol. The minimum absolute atomic E-state index is 0.181. The highest BCUT2D eigenvalue weighted by atomic mass is 35.5. The Morgan fingerprint density at radius 1 is 1.50 bits per heavy atom. The molecule has 0 heterocycles. The van der Waals surface area contributed by atoms with Crippen LogP contribution in [-0.4, -0.2) is 22.5 Å². The number of rotatable bonds is 7. The summed E-state index contributed by atoms with van der Waals surface area (Å²) in [7, 11) is 0. The first kappa shape index (κ1) is 12.7. The second kappa shape index (κ2) is 8.30. The molecule has 0 bridgehead atoms. The Kier molecular flexibility index (Phi) is 8.77. The van der Waals surface area contributed by atoms with Gasteiger partial charge in [-0.3, -0.25) is 0 Å². The van der Waals surface area contributed by atoms with Gasteiger partial charge in [0.25, 0.3) is 0 Å². The van der Waals surface area contributed by atoms with Gasteiger partial charge in [0.1, 0.15) is 10.9 Å². The Morgan fingerprint density at radius 2 is 2.17 bits per heavy atom. The summed E-state index contributed by atoms with van der Waals surface area (Å²) in [6.07, 6.45) is 0. The van der Waals surface area contributed by atoms with Crippen molar-refractivity contribution in [2.75, 3.05) is 11.6 Å². The molecule has 0 radical (unpaired) electrons. The van der Waals surface area contributed by atoms with Crippen molar-refractivity contribution in [1.29, 1.82) is 0 Å². The van der Waals surface area contributed by atoms with Crippen LogP contribution in [0.4, 0.5) is 0 Å². The first-order valence-electron chi connectivity index (χ1n) is 3.80. The zero-order valence-corrected chi connectivity index (χ0v) is 9.85. The van der Waals surface area contributed by atoms with Crippen LogP contribution in [0.15, 0.2) is 12.0 Å². The third kappa shape index (κ3) is 7.35. The predicted molar refractivity (Wildman–Crippen MR) is 61.0 cm³/mol. The monoisotopic (exact) mass is 226 g/mol. The summed E-state index contributed by atoms with van der Waals surface area (Å²) < 4.78 is 5.59. The average Bonchev–Trinajstić information content (AvgIpc) is 2.01. The Bertz CT molecular complexity index is 122. The average molecular weight is 227 g/mol. The van der Waals surface area contributed by atoms with Crippen LogP contribution >= 0.6 is 35.1 Å². The van der Waals surface area contributed by atoms with Crippen LogP contribution in [0.3, 0.4) is 0 Å². The third-order valence-electron chi connectivity index (χ3n) is 1.10. The molecule has 0 aromatic heterocycles. The van der Waals surface area contributed by atoms with Crippen LogP contribution in [0.2, 0.25) is 0 Å². The highest BCUT2D eigenvalue weighted by molar-refractivity contribution is 8.02. The summed E-state index contributed by atoms with van der Waals surface area (Å²) in [6, 6.07) is 0. The number of ether oxygens (including phenoxy) is 1. The quantitative estimate of drug-likeness (QED) is 0.486. The molecule has 0 rings (SSSR count). The van der Waals surface area contributed by atoms with Crippen LogP contribution in [0.1, 0.15) is 13.8 Å². The molecule has 0 saturated heterocycles. The van der Waals surface area contributed by atoms with E-state index in [1.165, 1.54) is 0 Å². The Labute approximate surface area is 88.3 Å². The van der Waals surface area contributed by atoms with Crippen molar-refractivity contribution in [3.05, 3.63) is 12.0 Å².